The van der Waals surface area contributed by atoms with E-state index in [4.69, 9.17) is 0 Å². The lowest BCUT2D eigenvalue weighted by Crippen LogP contribution is -2.47. The summed E-state index contributed by atoms with van der Waals surface area (Å²) in [7, 11) is 1.99. The number of benzene rings is 1. The zero-order valence-electron chi connectivity index (χ0n) is 13.9. The number of non-ortho nitro benzene ring substituents is 1. The van der Waals surface area contributed by atoms with Crippen molar-refractivity contribution in [3.8, 4) is 0 Å². The van der Waals surface area contributed by atoms with Gasteiger partial charge in [0.1, 0.15) is 5.52 Å². The predicted octanol–water partition coefficient (Wildman–Crippen LogP) is 2.20. The normalized spacial score (nSPS) is 14.9. The van der Waals surface area contributed by atoms with Crippen LogP contribution in [0.2, 0.25) is 0 Å². The molecular formula is C17H18N6O2. The highest BCUT2D eigenvalue weighted by Crippen LogP contribution is 2.32. The van der Waals surface area contributed by atoms with Crippen LogP contribution in [0.5, 0.6) is 0 Å². The zero-order chi connectivity index (χ0) is 17.4. The monoisotopic (exact) mass is 338 g/mol. The second-order valence-electron chi connectivity index (χ2n) is 6.07. The van der Waals surface area contributed by atoms with Gasteiger partial charge in [-0.3, -0.25) is 15.1 Å². The summed E-state index contributed by atoms with van der Waals surface area (Å²) < 4.78 is 2.01. The van der Waals surface area contributed by atoms with Crippen molar-refractivity contribution >= 4 is 28.2 Å². The van der Waals surface area contributed by atoms with Crippen molar-refractivity contribution in [3.05, 3.63) is 53.0 Å². The molecule has 8 heteroatoms. The van der Waals surface area contributed by atoms with Crippen LogP contribution < -0.4 is 9.80 Å². The van der Waals surface area contributed by atoms with Gasteiger partial charge in [0.2, 0.25) is 5.95 Å². The van der Waals surface area contributed by atoms with Crippen LogP contribution >= 0.6 is 0 Å². The Kier molecular flexibility index (Phi) is 3.72. The molecule has 1 aromatic carbocycles. The number of nitro groups is 1. The molecule has 0 amide bonds. The summed E-state index contributed by atoms with van der Waals surface area (Å²) in [5.74, 6) is 0.964. The van der Waals surface area contributed by atoms with Gasteiger partial charge in [-0.1, -0.05) is 0 Å². The molecule has 0 atom stereocenters. The number of aromatic nitrogens is 3. The lowest BCUT2D eigenvalue weighted by atomic mass is 10.1. The Balaban J connectivity index is 1.63. The molecule has 3 heterocycles. The van der Waals surface area contributed by atoms with Crippen LogP contribution in [0.25, 0.3) is 10.9 Å². The van der Waals surface area contributed by atoms with Gasteiger partial charge in [-0.15, -0.1) is 0 Å². The second-order valence-corrected chi connectivity index (χ2v) is 6.07. The van der Waals surface area contributed by atoms with E-state index in [0.717, 1.165) is 37.8 Å². The number of piperazine rings is 1. The lowest BCUT2D eigenvalue weighted by molar-refractivity contribution is -0.383. The van der Waals surface area contributed by atoms with Gasteiger partial charge in [0, 0.05) is 57.9 Å². The van der Waals surface area contributed by atoms with Crippen LogP contribution in [0.15, 0.2) is 42.9 Å². The summed E-state index contributed by atoms with van der Waals surface area (Å²) in [6.07, 6.45) is 5.42. The van der Waals surface area contributed by atoms with Crippen LogP contribution in [0, 0.1) is 10.1 Å². The maximum Gasteiger partial charge on any atom is 0.278 e. The molecule has 25 heavy (non-hydrogen) atoms. The molecule has 0 aliphatic carbocycles. The molecule has 128 valence electrons. The first-order valence-electron chi connectivity index (χ1n) is 8.14. The molecule has 4 rings (SSSR count). The minimum atomic E-state index is -0.354. The summed E-state index contributed by atoms with van der Waals surface area (Å²) in [5, 5.41) is 11.8. The van der Waals surface area contributed by atoms with Crippen molar-refractivity contribution in [1.82, 2.24) is 14.5 Å². The fraction of sp³-hybridized carbons (Fsp3) is 0.294. The maximum atomic E-state index is 11.3. The van der Waals surface area contributed by atoms with E-state index in [0.29, 0.717) is 10.9 Å². The molecule has 2 aromatic heterocycles. The van der Waals surface area contributed by atoms with Crippen LogP contribution in [0.3, 0.4) is 0 Å². The molecule has 0 bridgehead atoms. The Hall–Kier alpha value is -3.16. The van der Waals surface area contributed by atoms with E-state index >= 15 is 0 Å². The number of fused-ring (bicyclic) bond motifs is 1. The summed E-state index contributed by atoms with van der Waals surface area (Å²) >= 11 is 0. The second kappa shape index (κ2) is 6.04. The number of nitro benzene ring substituents is 1. The van der Waals surface area contributed by atoms with E-state index in [9.17, 15) is 10.1 Å². The molecule has 8 nitrogen and oxygen atoms in total. The quantitative estimate of drug-likeness (QED) is 0.538. The highest BCUT2D eigenvalue weighted by Gasteiger charge is 2.23. The van der Waals surface area contributed by atoms with Crippen molar-refractivity contribution in [2.45, 2.75) is 0 Å². The van der Waals surface area contributed by atoms with E-state index in [1.807, 2.05) is 23.9 Å². The molecule has 0 radical (unpaired) electrons. The van der Waals surface area contributed by atoms with E-state index < -0.39 is 0 Å². The van der Waals surface area contributed by atoms with Gasteiger partial charge in [-0.2, -0.15) is 0 Å². The minimum absolute atomic E-state index is 0.0958. The Morgan fingerprint density at radius 3 is 2.48 bits per heavy atom. The van der Waals surface area contributed by atoms with Gasteiger partial charge in [0.05, 0.1) is 16.0 Å². The molecule has 1 fully saturated rings. The first-order valence-corrected chi connectivity index (χ1v) is 8.14. The molecule has 3 aromatic rings. The van der Waals surface area contributed by atoms with E-state index in [2.05, 4.69) is 19.8 Å². The predicted molar refractivity (Wildman–Crippen MR) is 96.0 cm³/mol. The largest absolute Gasteiger partial charge is 0.366 e. The first kappa shape index (κ1) is 15.4. The van der Waals surface area contributed by atoms with Gasteiger partial charge >= 0.3 is 0 Å². The third kappa shape index (κ3) is 2.65. The first-order chi connectivity index (χ1) is 12.1. The van der Waals surface area contributed by atoms with Gasteiger partial charge in [-0.25, -0.2) is 4.98 Å². The number of pyridine rings is 1. The van der Waals surface area contributed by atoms with Crippen LogP contribution in [-0.4, -0.2) is 45.6 Å². The summed E-state index contributed by atoms with van der Waals surface area (Å²) in [6.45, 7) is 3.32. The van der Waals surface area contributed by atoms with Gasteiger partial charge in [0.15, 0.2) is 0 Å². The molecule has 0 unspecified atom stereocenters. The van der Waals surface area contributed by atoms with Crippen LogP contribution in [0.4, 0.5) is 17.3 Å². The fourth-order valence-corrected chi connectivity index (χ4v) is 3.37. The standard InChI is InChI=1S/C17H18N6O2/c1-20-8-7-19-17(20)22-11-9-21(10-12-22)15-5-4-14(23(24)25)13-3-2-6-18-16(13)15/h2-8H,9-12H2,1H3. The van der Waals surface area contributed by atoms with E-state index in [-0.39, 0.29) is 10.6 Å². The number of aryl methyl sites for hydroxylation is 1. The topological polar surface area (TPSA) is 80.3 Å². The molecule has 0 saturated carbocycles. The van der Waals surface area contributed by atoms with Gasteiger partial charge in [-0.05, 0) is 18.2 Å². The Morgan fingerprint density at radius 2 is 1.80 bits per heavy atom. The number of rotatable bonds is 3. The van der Waals surface area contributed by atoms with Crippen molar-refractivity contribution in [2.24, 2.45) is 7.05 Å². The highest BCUT2D eigenvalue weighted by atomic mass is 16.6. The maximum absolute atomic E-state index is 11.3. The summed E-state index contributed by atoms with van der Waals surface area (Å²) in [4.78, 5) is 24.2. The zero-order valence-corrected chi connectivity index (χ0v) is 13.9. The number of hydrogen-bond donors (Lipinski definition) is 0. The number of anilines is 2. The van der Waals surface area contributed by atoms with Crippen molar-refractivity contribution in [2.75, 3.05) is 36.0 Å². The number of imidazole rings is 1. The molecule has 1 aliphatic rings. The molecular weight excluding hydrogens is 320 g/mol. The Morgan fingerprint density at radius 1 is 1.04 bits per heavy atom. The Bertz CT molecular complexity index is 930. The molecule has 1 aliphatic heterocycles. The van der Waals surface area contributed by atoms with Gasteiger partial charge in [0.25, 0.3) is 5.69 Å². The third-order valence-corrected chi connectivity index (χ3v) is 4.62. The fourth-order valence-electron chi connectivity index (χ4n) is 3.37. The summed E-state index contributed by atoms with van der Waals surface area (Å²) in [5.41, 5.74) is 1.72. The highest BCUT2D eigenvalue weighted by molar-refractivity contribution is 5.97. The smallest absolute Gasteiger partial charge is 0.278 e. The minimum Gasteiger partial charge on any atom is -0.366 e. The molecule has 0 spiro atoms. The number of nitrogens with zero attached hydrogens (tertiary/aromatic N) is 6. The Labute approximate surface area is 144 Å². The van der Waals surface area contributed by atoms with Crippen molar-refractivity contribution in [3.63, 3.8) is 0 Å². The molecule has 1 saturated heterocycles. The lowest BCUT2D eigenvalue weighted by Gasteiger charge is -2.36. The van der Waals surface area contributed by atoms with Crippen LogP contribution in [0.1, 0.15) is 0 Å². The van der Waals surface area contributed by atoms with Crippen LogP contribution in [-0.2, 0) is 7.05 Å². The summed E-state index contributed by atoms with van der Waals surface area (Å²) in [6, 6.07) is 6.88. The number of hydrogen-bond acceptors (Lipinski definition) is 6. The average Bonchev–Trinajstić information content (AvgIpc) is 3.07. The average molecular weight is 338 g/mol. The molecule has 0 N–H and O–H groups in total. The van der Waals surface area contributed by atoms with Crippen molar-refractivity contribution in [1.29, 1.82) is 0 Å². The third-order valence-electron chi connectivity index (χ3n) is 4.62. The SMILES string of the molecule is Cn1ccnc1N1CCN(c2ccc([N+](=O)[O-])c3cccnc23)CC1. The van der Waals surface area contributed by atoms with Crippen molar-refractivity contribution < 1.29 is 4.92 Å². The van der Waals surface area contributed by atoms with E-state index in [1.165, 1.54) is 0 Å². The van der Waals surface area contributed by atoms with E-state index in [1.54, 1.807) is 30.6 Å². The van der Waals surface area contributed by atoms with Gasteiger partial charge < -0.3 is 14.4 Å².